The summed E-state index contributed by atoms with van der Waals surface area (Å²) in [6.07, 6.45) is 1.31. The third-order valence-electron chi connectivity index (χ3n) is 5.64. The minimum atomic E-state index is -0.960. The number of hydrogen-bond donors (Lipinski definition) is 3. The first kappa shape index (κ1) is 23.3. The number of nitrogens with zero attached hydrogens (tertiary/aromatic N) is 4. The van der Waals surface area contributed by atoms with E-state index in [9.17, 15) is 18.7 Å². The molecule has 8 nitrogen and oxygen atoms in total. The summed E-state index contributed by atoms with van der Waals surface area (Å²) in [6.45, 7) is 2.74. The van der Waals surface area contributed by atoms with E-state index in [1.165, 1.54) is 35.7 Å². The lowest BCUT2D eigenvalue weighted by Gasteiger charge is -2.41. The monoisotopic (exact) mass is 477 g/mol. The maximum atomic E-state index is 14.7. The summed E-state index contributed by atoms with van der Waals surface area (Å²) in [5.41, 5.74) is 1.11. The van der Waals surface area contributed by atoms with E-state index in [1.807, 2.05) is 6.92 Å². The SMILES string of the molecule is CCC1CN(c2ncc(CC(O)CO)cc2F)CCN1C(=O)Nc1nc2ccc(F)cc2s1. The van der Waals surface area contributed by atoms with Gasteiger partial charge in [-0.2, -0.15) is 0 Å². The molecule has 0 spiro atoms. The minimum Gasteiger partial charge on any atom is -0.394 e. The summed E-state index contributed by atoms with van der Waals surface area (Å²) in [6, 6.07) is 5.13. The predicted octanol–water partition coefficient (Wildman–Crippen LogP) is 3.00. The molecule has 1 aromatic carbocycles. The number of anilines is 2. The second-order valence-corrected chi connectivity index (χ2v) is 8.98. The zero-order valence-electron chi connectivity index (χ0n) is 18.0. The molecule has 176 valence electrons. The number of piperazine rings is 1. The van der Waals surface area contributed by atoms with Gasteiger partial charge in [0.15, 0.2) is 16.8 Å². The van der Waals surface area contributed by atoms with Crippen LogP contribution in [0.1, 0.15) is 18.9 Å². The third-order valence-corrected chi connectivity index (χ3v) is 6.57. The highest BCUT2D eigenvalue weighted by Gasteiger charge is 2.31. The molecule has 4 rings (SSSR count). The molecule has 3 aromatic rings. The topological polar surface area (TPSA) is 102 Å². The number of urea groups is 1. The van der Waals surface area contributed by atoms with Crippen LogP contribution < -0.4 is 10.2 Å². The molecule has 3 heterocycles. The van der Waals surface area contributed by atoms with Gasteiger partial charge in [0, 0.05) is 32.3 Å². The van der Waals surface area contributed by atoms with Gasteiger partial charge in [-0.05, 0) is 36.2 Å². The number of aromatic nitrogens is 2. The van der Waals surface area contributed by atoms with E-state index < -0.39 is 18.5 Å². The van der Waals surface area contributed by atoms with Crippen LogP contribution in [-0.2, 0) is 6.42 Å². The summed E-state index contributed by atoms with van der Waals surface area (Å²) in [7, 11) is 0. The second-order valence-electron chi connectivity index (χ2n) is 7.95. The van der Waals surface area contributed by atoms with Crippen LogP contribution in [0.3, 0.4) is 0 Å². The molecular weight excluding hydrogens is 452 g/mol. The molecule has 2 atom stereocenters. The van der Waals surface area contributed by atoms with Gasteiger partial charge in [0.1, 0.15) is 5.82 Å². The molecule has 2 aromatic heterocycles. The van der Waals surface area contributed by atoms with E-state index in [4.69, 9.17) is 5.11 Å². The standard InChI is InChI=1S/C22H25F2N5O3S/c1-2-15-11-28(20-17(24)8-13(10-25-20)7-16(31)12-30)5-6-29(15)22(32)27-21-26-18-4-3-14(23)9-19(18)33-21/h3-4,8-10,15-16,30-31H,2,5-7,11-12H2,1H3,(H,26,27,32). The number of nitrogens with one attached hydrogen (secondary N) is 1. The summed E-state index contributed by atoms with van der Waals surface area (Å²) < 4.78 is 28.8. The Bertz CT molecular complexity index is 1140. The molecule has 11 heteroatoms. The minimum absolute atomic E-state index is 0.116. The molecule has 1 saturated heterocycles. The van der Waals surface area contributed by atoms with Gasteiger partial charge in [-0.15, -0.1) is 0 Å². The molecular formula is C22H25F2N5O3S. The van der Waals surface area contributed by atoms with Crippen molar-refractivity contribution >= 4 is 38.5 Å². The average molecular weight is 478 g/mol. The summed E-state index contributed by atoms with van der Waals surface area (Å²) >= 11 is 1.21. The van der Waals surface area contributed by atoms with Gasteiger partial charge >= 0.3 is 6.03 Å². The van der Waals surface area contributed by atoms with Crippen LogP contribution in [0.4, 0.5) is 24.5 Å². The molecule has 0 saturated carbocycles. The van der Waals surface area contributed by atoms with E-state index in [2.05, 4.69) is 15.3 Å². The van der Waals surface area contributed by atoms with E-state index in [0.29, 0.717) is 47.0 Å². The Balaban J connectivity index is 1.43. The van der Waals surface area contributed by atoms with Gasteiger partial charge in [-0.25, -0.2) is 23.5 Å². The number of thiazole rings is 1. The zero-order valence-corrected chi connectivity index (χ0v) is 18.9. The number of carbonyl (C=O) groups excluding carboxylic acids is 1. The van der Waals surface area contributed by atoms with Crippen molar-refractivity contribution in [2.45, 2.75) is 31.9 Å². The van der Waals surface area contributed by atoms with Crippen molar-refractivity contribution in [3.05, 3.63) is 47.7 Å². The highest BCUT2D eigenvalue weighted by atomic mass is 32.1. The van der Waals surface area contributed by atoms with Crippen molar-refractivity contribution < 1.29 is 23.8 Å². The van der Waals surface area contributed by atoms with Crippen molar-refractivity contribution in [1.29, 1.82) is 0 Å². The van der Waals surface area contributed by atoms with Crippen molar-refractivity contribution in [3.63, 3.8) is 0 Å². The van der Waals surface area contributed by atoms with Crippen LogP contribution in [0.25, 0.3) is 10.2 Å². The zero-order chi connectivity index (χ0) is 23.5. The van der Waals surface area contributed by atoms with Gasteiger partial charge in [0.05, 0.1) is 29.0 Å². The maximum Gasteiger partial charge on any atom is 0.324 e. The van der Waals surface area contributed by atoms with E-state index in [0.717, 1.165) is 0 Å². The highest BCUT2D eigenvalue weighted by Crippen LogP contribution is 2.28. The highest BCUT2D eigenvalue weighted by molar-refractivity contribution is 7.22. The number of benzene rings is 1. The average Bonchev–Trinajstić information content (AvgIpc) is 3.19. The van der Waals surface area contributed by atoms with Crippen molar-refractivity contribution in [1.82, 2.24) is 14.9 Å². The number of pyridine rings is 1. The molecule has 1 aliphatic heterocycles. The number of hydrogen-bond acceptors (Lipinski definition) is 7. The maximum absolute atomic E-state index is 14.7. The summed E-state index contributed by atoms with van der Waals surface area (Å²) in [5.74, 6) is -0.666. The van der Waals surface area contributed by atoms with Crippen LogP contribution in [0, 0.1) is 11.6 Å². The molecule has 0 bridgehead atoms. The number of carbonyl (C=O) groups is 1. The molecule has 1 fully saturated rings. The lowest BCUT2D eigenvalue weighted by molar-refractivity contribution is 0.0954. The van der Waals surface area contributed by atoms with E-state index in [-0.39, 0.29) is 30.1 Å². The number of rotatable bonds is 6. The fourth-order valence-corrected chi connectivity index (χ4v) is 4.81. The molecule has 2 unspecified atom stereocenters. The molecule has 0 aliphatic carbocycles. The van der Waals surface area contributed by atoms with Crippen molar-refractivity contribution in [2.75, 3.05) is 36.5 Å². The normalized spacial score (nSPS) is 17.4. The van der Waals surface area contributed by atoms with Crippen LogP contribution in [0.5, 0.6) is 0 Å². The molecule has 0 radical (unpaired) electrons. The predicted molar refractivity (Wildman–Crippen MR) is 123 cm³/mol. The lowest BCUT2D eigenvalue weighted by atomic mass is 10.1. The van der Waals surface area contributed by atoms with Crippen LogP contribution in [0.15, 0.2) is 30.5 Å². The molecule has 1 aliphatic rings. The fraction of sp³-hybridized carbons (Fsp3) is 0.409. The Kier molecular flexibility index (Phi) is 7.01. The second kappa shape index (κ2) is 9.94. The first-order chi connectivity index (χ1) is 15.9. The van der Waals surface area contributed by atoms with Gasteiger partial charge in [-0.1, -0.05) is 18.3 Å². The van der Waals surface area contributed by atoms with E-state index in [1.54, 1.807) is 15.9 Å². The smallest absolute Gasteiger partial charge is 0.324 e. The largest absolute Gasteiger partial charge is 0.394 e. The van der Waals surface area contributed by atoms with Crippen molar-refractivity contribution in [3.8, 4) is 0 Å². The summed E-state index contributed by atoms with van der Waals surface area (Å²) in [5, 5.41) is 21.7. The van der Waals surface area contributed by atoms with Crippen LogP contribution in [-0.4, -0.2) is 69.5 Å². The first-order valence-corrected chi connectivity index (χ1v) is 11.5. The molecule has 2 amide bonds. The van der Waals surface area contributed by atoms with Gasteiger partial charge in [0.2, 0.25) is 0 Å². The Labute approximate surface area is 193 Å². The van der Waals surface area contributed by atoms with Crippen LogP contribution in [0.2, 0.25) is 0 Å². The first-order valence-electron chi connectivity index (χ1n) is 10.7. The van der Waals surface area contributed by atoms with Crippen molar-refractivity contribution in [2.24, 2.45) is 0 Å². The van der Waals surface area contributed by atoms with E-state index >= 15 is 0 Å². The molecule has 33 heavy (non-hydrogen) atoms. The quantitative estimate of drug-likeness (QED) is 0.505. The Morgan fingerprint density at radius 2 is 2.15 bits per heavy atom. The number of aliphatic hydroxyl groups is 2. The Morgan fingerprint density at radius 1 is 1.33 bits per heavy atom. The Morgan fingerprint density at radius 3 is 2.88 bits per heavy atom. The number of aliphatic hydroxyl groups excluding tert-OH is 2. The lowest BCUT2D eigenvalue weighted by Crippen LogP contribution is -2.56. The fourth-order valence-electron chi connectivity index (χ4n) is 3.93. The third kappa shape index (κ3) is 5.21. The summed E-state index contributed by atoms with van der Waals surface area (Å²) in [4.78, 5) is 25.0. The van der Waals surface area contributed by atoms with Gasteiger partial charge in [0.25, 0.3) is 0 Å². The number of halogens is 2. The van der Waals surface area contributed by atoms with Gasteiger partial charge in [-0.3, -0.25) is 5.32 Å². The number of fused-ring (bicyclic) bond motifs is 1. The number of amides is 2. The van der Waals surface area contributed by atoms with Crippen LogP contribution >= 0.6 is 11.3 Å². The molecule has 3 N–H and O–H groups in total. The van der Waals surface area contributed by atoms with Gasteiger partial charge < -0.3 is 20.0 Å². The Hall–Kier alpha value is -2.89.